The van der Waals surface area contributed by atoms with Crippen molar-refractivity contribution in [3.8, 4) is 0 Å². The molecule has 1 spiro atoms. The van der Waals surface area contributed by atoms with Crippen LogP contribution in [0.2, 0.25) is 0 Å². The first kappa shape index (κ1) is 19.8. The van der Waals surface area contributed by atoms with Crippen molar-refractivity contribution in [3.05, 3.63) is 0 Å². The average Bonchev–Trinajstić information content (AvgIpc) is 3.34. The average molecular weight is 347 g/mol. The summed E-state index contributed by atoms with van der Waals surface area (Å²) in [6, 6.07) is 0. The second-order valence-electron chi connectivity index (χ2n) is 11.3. The molecule has 0 heterocycles. The predicted octanol–water partition coefficient (Wildman–Crippen LogP) is 7.96. The quantitative estimate of drug-likeness (QED) is 0.352. The summed E-state index contributed by atoms with van der Waals surface area (Å²) < 4.78 is 0. The highest BCUT2D eigenvalue weighted by molar-refractivity contribution is 5.18. The second-order valence-corrected chi connectivity index (χ2v) is 11.3. The molecule has 0 bridgehead atoms. The fourth-order valence-corrected chi connectivity index (χ4v) is 7.75. The standard InChI is InChI=1S/C25H46/c1-8-9-10-11-22(12-17(2)15-24(7)16-20(24)5)14-23-21(6)25(23)18(3)13-19(25)4/h17-23H,8-16H2,1-7H3. The number of rotatable bonds is 10. The molecule has 0 amide bonds. The lowest BCUT2D eigenvalue weighted by Crippen LogP contribution is -2.38. The Kier molecular flexibility index (Phi) is 5.69. The highest BCUT2D eigenvalue weighted by atomic mass is 14.8. The van der Waals surface area contributed by atoms with Gasteiger partial charge >= 0.3 is 0 Å². The van der Waals surface area contributed by atoms with E-state index in [2.05, 4.69) is 48.5 Å². The summed E-state index contributed by atoms with van der Waals surface area (Å²) in [6.45, 7) is 17.6. The van der Waals surface area contributed by atoms with Gasteiger partial charge in [-0.25, -0.2) is 0 Å². The van der Waals surface area contributed by atoms with Gasteiger partial charge in [0.25, 0.3) is 0 Å². The van der Waals surface area contributed by atoms with Crippen molar-refractivity contribution in [2.45, 2.75) is 106 Å². The van der Waals surface area contributed by atoms with Gasteiger partial charge in [-0.3, -0.25) is 0 Å². The highest BCUT2D eigenvalue weighted by Crippen LogP contribution is 2.76. The van der Waals surface area contributed by atoms with E-state index in [0.29, 0.717) is 5.41 Å². The molecule has 0 saturated heterocycles. The Morgan fingerprint density at radius 3 is 2.12 bits per heavy atom. The van der Waals surface area contributed by atoms with Gasteiger partial charge in [0.2, 0.25) is 0 Å². The fraction of sp³-hybridized carbons (Fsp3) is 1.00. The molecule has 8 unspecified atom stereocenters. The third-order valence-corrected chi connectivity index (χ3v) is 9.50. The minimum Gasteiger partial charge on any atom is -0.0654 e. The SMILES string of the molecule is CCCCCC(CC(C)CC1(C)CC1C)CC1C(C)C12C(C)CC2C. The third-order valence-electron chi connectivity index (χ3n) is 9.50. The maximum absolute atomic E-state index is 2.58. The highest BCUT2D eigenvalue weighted by Gasteiger charge is 2.71. The van der Waals surface area contributed by atoms with Crippen molar-refractivity contribution in [2.24, 2.45) is 52.3 Å². The molecule has 3 rings (SSSR count). The lowest BCUT2D eigenvalue weighted by atomic mass is 9.60. The van der Waals surface area contributed by atoms with E-state index in [1.54, 1.807) is 6.42 Å². The van der Waals surface area contributed by atoms with Crippen LogP contribution in [-0.2, 0) is 0 Å². The van der Waals surface area contributed by atoms with Crippen LogP contribution >= 0.6 is 0 Å². The van der Waals surface area contributed by atoms with Gasteiger partial charge in [-0.2, -0.15) is 0 Å². The Morgan fingerprint density at radius 2 is 1.64 bits per heavy atom. The summed E-state index contributed by atoms with van der Waals surface area (Å²) in [5.41, 5.74) is 1.46. The Hall–Kier alpha value is 0. The van der Waals surface area contributed by atoms with Crippen molar-refractivity contribution in [3.63, 3.8) is 0 Å². The van der Waals surface area contributed by atoms with E-state index in [9.17, 15) is 0 Å². The van der Waals surface area contributed by atoms with Gasteiger partial charge in [-0.1, -0.05) is 74.1 Å². The van der Waals surface area contributed by atoms with Crippen molar-refractivity contribution in [1.29, 1.82) is 0 Å². The molecule has 146 valence electrons. The van der Waals surface area contributed by atoms with E-state index >= 15 is 0 Å². The van der Waals surface area contributed by atoms with Gasteiger partial charge in [0.15, 0.2) is 0 Å². The van der Waals surface area contributed by atoms with E-state index < -0.39 is 0 Å². The first-order valence-corrected chi connectivity index (χ1v) is 11.8. The van der Waals surface area contributed by atoms with E-state index in [0.717, 1.165) is 46.8 Å². The molecule has 0 radical (unpaired) electrons. The largest absolute Gasteiger partial charge is 0.0654 e. The number of unbranched alkanes of at least 4 members (excludes halogenated alkanes) is 2. The molecule has 0 nitrogen and oxygen atoms in total. The first-order chi connectivity index (χ1) is 11.8. The summed E-state index contributed by atoms with van der Waals surface area (Å²) in [4.78, 5) is 0. The molecule has 0 heteroatoms. The normalized spacial score (nSPS) is 47.4. The molecule has 0 aromatic carbocycles. The van der Waals surface area contributed by atoms with Gasteiger partial charge in [-0.15, -0.1) is 0 Å². The van der Waals surface area contributed by atoms with Crippen molar-refractivity contribution < 1.29 is 0 Å². The Labute approximate surface area is 158 Å². The molecule has 0 aromatic rings. The fourth-order valence-electron chi connectivity index (χ4n) is 7.75. The van der Waals surface area contributed by atoms with E-state index in [1.165, 1.54) is 51.4 Å². The zero-order chi connectivity index (χ0) is 18.4. The van der Waals surface area contributed by atoms with Gasteiger partial charge in [0.05, 0.1) is 0 Å². The lowest BCUT2D eigenvalue weighted by Gasteiger charge is -2.44. The summed E-state index contributed by atoms with van der Waals surface area (Å²) in [5.74, 6) is 6.99. The molecule has 8 atom stereocenters. The van der Waals surface area contributed by atoms with Crippen LogP contribution in [0.1, 0.15) is 106 Å². The van der Waals surface area contributed by atoms with Gasteiger partial charge in [0.1, 0.15) is 0 Å². The summed E-state index contributed by atoms with van der Waals surface area (Å²) >= 11 is 0. The van der Waals surface area contributed by atoms with Crippen LogP contribution in [0.5, 0.6) is 0 Å². The van der Waals surface area contributed by atoms with Crippen molar-refractivity contribution in [1.82, 2.24) is 0 Å². The molecule has 0 aliphatic heterocycles. The zero-order valence-electron chi connectivity index (χ0n) is 18.4. The van der Waals surface area contributed by atoms with Crippen LogP contribution in [0, 0.1) is 52.3 Å². The smallest absolute Gasteiger partial charge is 0.0186 e. The van der Waals surface area contributed by atoms with Crippen molar-refractivity contribution >= 4 is 0 Å². The molecule has 25 heavy (non-hydrogen) atoms. The molecule has 0 N–H and O–H groups in total. The van der Waals surface area contributed by atoms with E-state index in [-0.39, 0.29) is 0 Å². The maximum atomic E-state index is 2.58. The minimum atomic E-state index is 0.693. The molecule has 3 aliphatic carbocycles. The molecular weight excluding hydrogens is 300 g/mol. The van der Waals surface area contributed by atoms with Crippen LogP contribution in [0.15, 0.2) is 0 Å². The van der Waals surface area contributed by atoms with Crippen LogP contribution in [0.3, 0.4) is 0 Å². The van der Waals surface area contributed by atoms with Gasteiger partial charge < -0.3 is 0 Å². The van der Waals surface area contributed by atoms with E-state index in [1.807, 2.05) is 0 Å². The van der Waals surface area contributed by atoms with Crippen LogP contribution in [-0.4, -0.2) is 0 Å². The number of hydrogen-bond acceptors (Lipinski definition) is 0. The molecular formula is C25H46. The molecule has 3 aliphatic rings. The molecule has 0 aromatic heterocycles. The summed E-state index contributed by atoms with van der Waals surface area (Å²) in [5, 5.41) is 0. The Balaban J connectivity index is 1.54. The second kappa shape index (κ2) is 7.20. The van der Waals surface area contributed by atoms with Crippen LogP contribution in [0.4, 0.5) is 0 Å². The minimum absolute atomic E-state index is 0.693. The third kappa shape index (κ3) is 3.58. The first-order valence-electron chi connectivity index (χ1n) is 11.8. The van der Waals surface area contributed by atoms with Gasteiger partial charge in [0, 0.05) is 0 Å². The lowest BCUT2D eigenvalue weighted by molar-refractivity contribution is 0.0409. The Morgan fingerprint density at radius 1 is 1.00 bits per heavy atom. The zero-order valence-corrected chi connectivity index (χ0v) is 18.4. The Bertz CT molecular complexity index is 443. The molecule has 3 fully saturated rings. The van der Waals surface area contributed by atoms with Gasteiger partial charge in [-0.05, 0) is 84.4 Å². The van der Waals surface area contributed by atoms with Crippen LogP contribution < -0.4 is 0 Å². The monoisotopic (exact) mass is 346 g/mol. The number of hydrogen-bond donors (Lipinski definition) is 0. The predicted molar refractivity (Wildman–Crippen MR) is 111 cm³/mol. The molecule has 3 saturated carbocycles. The summed E-state index contributed by atoms with van der Waals surface area (Å²) in [6.07, 6.45) is 13.3. The van der Waals surface area contributed by atoms with Crippen LogP contribution in [0.25, 0.3) is 0 Å². The topological polar surface area (TPSA) is 0 Å². The summed E-state index contributed by atoms with van der Waals surface area (Å²) in [7, 11) is 0. The maximum Gasteiger partial charge on any atom is -0.0186 e. The van der Waals surface area contributed by atoms with E-state index in [4.69, 9.17) is 0 Å². The van der Waals surface area contributed by atoms with Crippen molar-refractivity contribution in [2.75, 3.05) is 0 Å².